The molecule has 1 amide bonds. The zero-order chi connectivity index (χ0) is 21.3. The number of rotatable bonds is 6. The highest BCUT2D eigenvalue weighted by atomic mass is 16.3. The van der Waals surface area contributed by atoms with Gasteiger partial charge in [-0.25, -0.2) is 0 Å². The van der Waals surface area contributed by atoms with Crippen LogP contribution in [0.25, 0.3) is 11.1 Å². The number of aryl methyl sites for hydroxylation is 1. The molecule has 0 bridgehead atoms. The van der Waals surface area contributed by atoms with Crippen molar-refractivity contribution in [1.82, 2.24) is 0 Å². The lowest BCUT2D eigenvalue weighted by Crippen LogP contribution is -2.27. The summed E-state index contributed by atoms with van der Waals surface area (Å²) in [5.74, 6) is -0.544. The van der Waals surface area contributed by atoms with Crippen molar-refractivity contribution in [3.05, 3.63) is 77.4 Å². The number of carbonyl (C=O) groups excluding carboxylic acids is 1. The second-order valence-corrected chi connectivity index (χ2v) is 7.78. The Balaban J connectivity index is 1.65. The number of aliphatic hydroxyl groups excluding tert-OH is 1. The highest BCUT2D eigenvalue weighted by Crippen LogP contribution is 2.50. The van der Waals surface area contributed by atoms with Gasteiger partial charge in [0.25, 0.3) is 0 Å². The molecule has 0 aromatic heterocycles. The van der Waals surface area contributed by atoms with Crippen LogP contribution in [0.4, 0.5) is 5.69 Å². The van der Waals surface area contributed by atoms with Gasteiger partial charge in [0.15, 0.2) is 11.5 Å². The van der Waals surface area contributed by atoms with E-state index in [1.54, 1.807) is 6.07 Å². The summed E-state index contributed by atoms with van der Waals surface area (Å²) in [4.78, 5) is 13.1. The zero-order valence-electron chi connectivity index (χ0n) is 16.9. The Bertz CT molecular complexity index is 1100. The normalized spacial score (nSPS) is 14.3. The van der Waals surface area contributed by atoms with Gasteiger partial charge < -0.3 is 20.6 Å². The minimum absolute atomic E-state index is 0.0522. The minimum atomic E-state index is -0.683. The van der Waals surface area contributed by atoms with Crippen molar-refractivity contribution in [2.75, 3.05) is 5.32 Å². The third-order valence-electron chi connectivity index (χ3n) is 5.94. The molecule has 0 saturated heterocycles. The molecule has 1 aliphatic rings. The molecule has 30 heavy (non-hydrogen) atoms. The summed E-state index contributed by atoms with van der Waals surface area (Å²) >= 11 is 0. The smallest absolute Gasteiger partial charge is 0.235 e. The van der Waals surface area contributed by atoms with E-state index in [1.807, 2.05) is 42.5 Å². The van der Waals surface area contributed by atoms with Crippen LogP contribution in [0.3, 0.4) is 0 Å². The number of amides is 1. The Morgan fingerprint density at radius 3 is 2.37 bits per heavy atom. The molecule has 0 atom stereocenters. The fourth-order valence-corrected chi connectivity index (χ4v) is 3.98. The van der Waals surface area contributed by atoms with Crippen LogP contribution in [0.2, 0.25) is 0 Å². The van der Waals surface area contributed by atoms with Gasteiger partial charge in [-0.05, 0) is 71.3 Å². The highest BCUT2D eigenvalue weighted by molar-refractivity contribution is 6.02. The van der Waals surface area contributed by atoms with Crippen LogP contribution in [0.1, 0.15) is 36.5 Å². The van der Waals surface area contributed by atoms with Crippen LogP contribution in [-0.4, -0.2) is 21.2 Å². The van der Waals surface area contributed by atoms with Gasteiger partial charge in [-0.15, -0.1) is 0 Å². The molecule has 3 aromatic rings. The van der Waals surface area contributed by atoms with E-state index in [-0.39, 0.29) is 24.0 Å². The Hall–Kier alpha value is -3.31. The average Bonchev–Trinajstić information content (AvgIpc) is 3.58. The molecule has 0 radical (unpaired) electrons. The van der Waals surface area contributed by atoms with Crippen molar-refractivity contribution in [2.45, 2.75) is 38.2 Å². The maximum absolute atomic E-state index is 13.1. The quantitative estimate of drug-likeness (QED) is 0.457. The summed E-state index contributed by atoms with van der Waals surface area (Å²) < 4.78 is 0. The monoisotopic (exact) mass is 403 g/mol. The number of hydrogen-bond acceptors (Lipinski definition) is 4. The van der Waals surface area contributed by atoms with Gasteiger partial charge in [0.2, 0.25) is 5.91 Å². The lowest BCUT2D eigenvalue weighted by molar-refractivity contribution is -0.118. The molecule has 0 spiro atoms. The summed E-state index contributed by atoms with van der Waals surface area (Å²) in [6, 6.07) is 18.1. The number of phenolic OH excluding ortho intramolecular Hbond substituents is 2. The van der Waals surface area contributed by atoms with E-state index in [0.29, 0.717) is 24.1 Å². The molecule has 5 nitrogen and oxygen atoms in total. The number of hydrogen-bond donors (Lipinski definition) is 4. The predicted octanol–water partition coefficient (Wildman–Crippen LogP) is 4.49. The second kappa shape index (κ2) is 7.84. The molecule has 5 heteroatoms. The van der Waals surface area contributed by atoms with Crippen LogP contribution in [-0.2, 0) is 23.2 Å². The maximum Gasteiger partial charge on any atom is 0.235 e. The largest absolute Gasteiger partial charge is 0.504 e. The van der Waals surface area contributed by atoms with Crippen molar-refractivity contribution < 1.29 is 20.1 Å². The third-order valence-corrected chi connectivity index (χ3v) is 5.94. The van der Waals surface area contributed by atoms with Crippen LogP contribution in [0.15, 0.2) is 60.7 Å². The first-order valence-corrected chi connectivity index (χ1v) is 10.1. The lowest BCUT2D eigenvalue weighted by Gasteiger charge is -2.18. The van der Waals surface area contributed by atoms with E-state index in [0.717, 1.165) is 28.7 Å². The average molecular weight is 403 g/mol. The molecule has 1 saturated carbocycles. The number of anilines is 1. The maximum atomic E-state index is 13.1. The van der Waals surface area contributed by atoms with E-state index < -0.39 is 5.41 Å². The highest BCUT2D eigenvalue weighted by Gasteiger charge is 2.51. The summed E-state index contributed by atoms with van der Waals surface area (Å²) in [6.07, 6.45) is 2.21. The Morgan fingerprint density at radius 2 is 1.70 bits per heavy atom. The van der Waals surface area contributed by atoms with E-state index in [4.69, 9.17) is 0 Å². The first kappa shape index (κ1) is 20.0. The van der Waals surface area contributed by atoms with Gasteiger partial charge in [-0.1, -0.05) is 43.3 Å². The molecular weight excluding hydrogens is 378 g/mol. The molecule has 1 aliphatic carbocycles. The van der Waals surface area contributed by atoms with Crippen molar-refractivity contribution >= 4 is 11.6 Å². The van der Waals surface area contributed by atoms with E-state index >= 15 is 0 Å². The van der Waals surface area contributed by atoms with Gasteiger partial charge >= 0.3 is 0 Å². The number of carbonyl (C=O) groups is 1. The fourth-order valence-electron chi connectivity index (χ4n) is 3.98. The number of nitrogens with one attached hydrogen (secondary N) is 1. The van der Waals surface area contributed by atoms with Gasteiger partial charge in [0.05, 0.1) is 12.0 Å². The van der Waals surface area contributed by atoms with Gasteiger partial charge in [-0.3, -0.25) is 4.79 Å². The van der Waals surface area contributed by atoms with Crippen LogP contribution < -0.4 is 5.32 Å². The lowest BCUT2D eigenvalue weighted by atomic mass is 9.92. The van der Waals surface area contributed by atoms with E-state index in [1.165, 1.54) is 12.1 Å². The van der Waals surface area contributed by atoms with Gasteiger partial charge in [-0.2, -0.15) is 0 Å². The first-order chi connectivity index (χ1) is 14.5. The Kier molecular flexibility index (Phi) is 5.22. The second-order valence-electron chi connectivity index (χ2n) is 7.78. The fraction of sp³-hybridized carbons (Fsp3) is 0.240. The van der Waals surface area contributed by atoms with Gasteiger partial charge in [0.1, 0.15) is 0 Å². The SMILES string of the molecule is CCc1ccc(NC(=O)C2(c3ccc(O)c(O)c3)CC2)cc1-c1ccccc1CO. The van der Waals surface area contributed by atoms with E-state index in [9.17, 15) is 20.1 Å². The molecule has 154 valence electrons. The third kappa shape index (κ3) is 3.53. The number of benzene rings is 3. The molecule has 1 fully saturated rings. The van der Waals surface area contributed by atoms with Crippen molar-refractivity contribution in [3.8, 4) is 22.6 Å². The predicted molar refractivity (Wildman–Crippen MR) is 116 cm³/mol. The molecule has 0 heterocycles. The molecule has 4 N–H and O–H groups in total. The summed E-state index contributed by atoms with van der Waals surface area (Å²) in [6.45, 7) is 2.03. The number of aromatic hydroxyl groups is 2. The summed E-state index contributed by atoms with van der Waals surface area (Å²) in [5.41, 5.74) is 4.63. The molecule has 0 unspecified atom stereocenters. The molecular formula is C25H25NO4. The van der Waals surface area contributed by atoms with Crippen molar-refractivity contribution in [3.63, 3.8) is 0 Å². The summed E-state index contributed by atoms with van der Waals surface area (Å²) in [7, 11) is 0. The Labute approximate surface area is 175 Å². The zero-order valence-corrected chi connectivity index (χ0v) is 16.9. The molecule has 3 aromatic carbocycles. The molecule has 4 rings (SSSR count). The van der Waals surface area contributed by atoms with Crippen molar-refractivity contribution in [1.29, 1.82) is 0 Å². The van der Waals surface area contributed by atoms with Crippen LogP contribution in [0, 0.1) is 0 Å². The van der Waals surface area contributed by atoms with Crippen LogP contribution in [0.5, 0.6) is 11.5 Å². The van der Waals surface area contributed by atoms with Gasteiger partial charge in [0, 0.05) is 5.69 Å². The molecule has 0 aliphatic heterocycles. The number of aliphatic hydroxyl groups is 1. The Morgan fingerprint density at radius 1 is 0.933 bits per heavy atom. The first-order valence-electron chi connectivity index (χ1n) is 10.1. The van der Waals surface area contributed by atoms with E-state index in [2.05, 4.69) is 12.2 Å². The summed E-state index contributed by atoms with van der Waals surface area (Å²) in [5, 5.41) is 32.2. The van der Waals surface area contributed by atoms with Crippen LogP contribution >= 0.6 is 0 Å². The van der Waals surface area contributed by atoms with Crippen molar-refractivity contribution in [2.24, 2.45) is 0 Å². The topological polar surface area (TPSA) is 89.8 Å². The standard InChI is InChI=1S/C25H25NO4/c1-2-16-7-9-19(14-21(16)20-6-4-3-5-17(20)15-27)26-24(30)25(11-12-25)18-8-10-22(28)23(29)13-18/h3-10,13-14,27-29H,2,11-12,15H2,1H3,(H,26,30). The minimum Gasteiger partial charge on any atom is -0.504 e. The number of phenols is 2.